The first-order valence-electron chi connectivity index (χ1n) is 8.19. The van der Waals surface area contributed by atoms with Crippen LogP contribution in [0.3, 0.4) is 0 Å². The van der Waals surface area contributed by atoms with Crippen molar-refractivity contribution < 1.29 is 19.4 Å². The predicted octanol–water partition coefficient (Wildman–Crippen LogP) is 5.81. The molecule has 2 aromatic rings. The van der Waals surface area contributed by atoms with Crippen molar-refractivity contribution in [1.29, 1.82) is 0 Å². The Morgan fingerprint density at radius 3 is 2.00 bits per heavy atom. The van der Waals surface area contributed by atoms with Gasteiger partial charge in [0.1, 0.15) is 23.1 Å². The lowest BCUT2D eigenvalue weighted by Gasteiger charge is -2.22. The first kappa shape index (κ1) is 24.7. The molecule has 0 radical (unpaired) electrons. The van der Waals surface area contributed by atoms with Crippen molar-refractivity contribution in [1.82, 2.24) is 0 Å². The smallest absolute Gasteiger partial charge is 0.323 e. The Balaban J connectivity index is 2.20. The Morgan fingerprint density at radius 2 is 1.54 bits per heavy atom. The normalized spacial score (nSPS) is 12.6. The molecule has 0 aliphatic carbocycles. The van der Waals surface area contributed by atoms with E-state index in [9.17, 15) is 9.90 Å². The minimum Gasteiger partial charge on any atom is -0.506 e. The van der Waals surface area contributed by atoms with Crippen LogP contribution in [0.15, 0.2) is 24.3 Å². The SMILES string of the molecule is CC(C)(C)OC(=O)[C@@H](N)Cc1cc(I)c(Oc2cc(I)c(O)c(I)c2)c(I)c1. The summed E-state index contributed by atoms with van der Waals surface area (Å²) in [5.74, 6) is 1.23. The van der Waals surface area contributed by atoms with Crippen LogP contribution in [0.4, 0.5) is 0 Å². The van der Waals surface area contributed by atoms with E-state index >= 15 is 0 Å². The Hall–Kier alpha value is 0.390. The number of rotatable bonds is 5. The van der Waals surface area contributed by atoms with Gasteiger partial charge in [0.05, 0.1) is 14.3 Å². The largest absolute Gasteiger partial charge is 0.506 e. The topological polar surface area (TPSA) is 81.8 Å². The second-order valence-corrected chi connectivity index (χ2v) is 11.7. The maximum Gasteiger partial charge on any atom is 0.323 e. The number of aromatic hydroxyl groups is 1. The summed E-state index contributed by atoms with van der Waals surface area (Å²) in [6.07, 6.45) is 0.385. The van der Waals surface area contributed by atoms with Crippen LogP contribution in [0.2, 0.25) is 0 Å². The van der Waals surface area contributed by atoms with Gasteiger partial charge in [0.2, 0.25) is 0 Å². The van der Waals surface area contributed by atoms with Crippen molar-refractivity contribution in [3.8, 4) is 17.2 Å². The summed E-state index contributed by atoms with van der Waals surface area (Å²) >= 11 is 8.56. The maximum absolute atomic E-state index is 12.1. The number of nitrogens with two attached hydrogens (primary N) is 1. The second-order valence-electron chi connectivity index (χ2n) is 7.07. The molecule has 1 atom stereocenters. The third-order valence-corrected chi connectivity index (χ3v) is 6.68. The summed E-state index contributed by atoms with van der Waals surface area (Å²) in [6.45, 7) is 5.46. The standard InChI is InChI=1S/C19H19I4NO4/c1-19(2,3)28-18(26)15(24)6-9-4-13(22)17(14(23)5-9)27-10-7-11(20)16(25)12(21)8-10/h4-5,7-8,15,25H,6,24H2,1-3H3/t15-/m0/s1. The number of phenols is 1. The molecule has 0 saturated heterocycles. The average molecular weight is 833 g/mol. The molecule has 0 fully saturated rings. The number of benzene rings is 2. The fourth-order valence-electron chi connectivity index (χ4n) is 2.26. The molecule has 0 spiro atoms. The quantitative estimate of drug-likeness (QED) is 0.294. The maximum atomic E-state index is 12.1. The molecule has 3 N–H and O–H groups in total. The summed E-state index contributed by atoms with van der Waals surface area (Å²) < 4.78 is 14.7. The number of hydrogen-bond donors (Lipinski definition) is 2. The number of phenolic OH excluding ortho intramolecular Hbond substituents is 1. The molecular formula is C19H19I4NO4. The number of carbonyl (C=O) groups excluding carboxylic acids is 1. The van der Waals surface area contributed by atoms with E-state index in [2.05, 4.69) is 90.4 Å². The molecule has 0 amide bonds. The monoisotopic (exact) mass is 833 g/mol. The van der Waals surface area contributed by atoms with Crippen LogP contribution in [0.5, 0.6) is 17.2 Å². The number of carbonyl (C=O) groups is 1. The van der Waals surface area contributed by atoms with Gasteiger partial charge in [-0.2, -0.15) is 0 Å². The van der Waals surface area contributed by atoms with E-state index in [-0.39, 0.29) is 5.75 Å². The van der Waals surface area contributed by atoms with Crippen LogP contribution < -0.4 is 10.5 Å². The van der Waals surface area contributed by atoms with Crippen LogP contribution in [0.25, 0.3) is 0 Å². The van der Waals surface area contributed by atoms with Crippen molar-refractivity contribution >= 4 is 96.3 Å². The van der Waals surface area contributed by atoms with E-state index in [1.807, 2.05) is 32.9 Å². The molecule has 0 heterocycles. The minimum absolute atomic E-state index is 0.254. The fraction of sp³-hybridized carbons (Fsp3) is 0.316. The number of ether oxygens (including phenoxy) is 2. The highest BCUT2D eigenvalue weighted by Gasteiger charge is 2.23. The van der Waals surface area contributed by atoms with Crippen LogP contribution in [0, 0.1) is 14.3 Å². The molecule has 2 rings (SSSR count). The highest BCUT2D eigenvalue weighted by atomic mass is 127. The van der Waals surface area contributed by atoms with Crippen LogP contribution in [-0.4, -0.2) is 22.7 Å². The van der Waals surface area contributed by atoms with Gasteiger partial charge in [0.15, 0.2) is 5.75 Å². The van der Waals surface area contributed by atoms with Gasteiger partial charge in [0, 0.05) is 0 Å². The molecule has 0 saturated carbocycles. The lowest BCUT2D eigenvalue weighted by molar-refractivity contribution is -0.156. The van der Waals surface area contributed by atoms with Crippen molar-refractivity contribution in [3.63, 3.8) is 0 Å². The molecule has 28 heavy (non-hydrogen) atoms. The molecule has 0 bridgehead atoms. The zero-order chi connectivity index (χ0) is 21.2. The molecule has 5 nitrogen and oxygen atoms in total. The molecular weight excluding hydrogens is 814 g/mol. The fourth-order valence-corrected chi connectivity index (χ4v) is 6.09. The molecule has 152 valence electrons. The van der Waals surface area contributed by atoms with E-state index in [0.29, 0.717) is 12.2 Å². The lowest BCUT2D eigenvalue weighted by atomic mass is 10.1. The van der Waals surface area contributed by atoms with Gasteiger partial charge in [0.25, 0.3) is 0 Å². The molecule has 2 aromatic carbocycles. The lowest BCUT2D eigenvalue weighted by Crippen LogP contribution is -2.38. The summed E-state index contributed by atoms with van der Waals surface area (Å²) in [5, 5.41) is 9.92. The van der Waals surface area contributed by atoms with Crippen LogP contribution in [0.1, 0.15) is 26.3 Å². The van der Waals surface area contributed by atoms with E-state index in [0.717, 1.165) is 25.6 Å². The Morgan fingerprint density at radius 1 is 1.04 bits per heavy atom. The van der Waals surface area contributed by atoms with Gasteiger partial charge in [-0.1, -0.05) is 0 Å². The molecule has 0 aliphatic rings. The number of halogens is 4. The van der Waals surface area contributed by atoms with Gasteiger partial charge in [-0.15, -0.1) is 0 Å². The summed E-state index contributed by atoms with van der Waals surface area (Å²) in [7, 11) is 0. The summed E-state index contributed by atoms with van der Waals surface area (Å²) in [5.41, 5.74) is 6.41. The third-order valence-electron chi connectivity index (χ3n) is 3.43. The summed E-state index contributed by atoms with van der Waals surface area (Å²) in [6, 6.07) is 6.77. The third kappa shape index (κ3) is 6.97. The second kappa shape index (κ2) is 10.1. The van der Waals surface area contributed by atoms with Crippen molar-refractivity contribution in [3.05, 3.63) is 44.1 Å². The Kier molecular flexibility index (Phi) is 8.92. The van der Waals surface area contributed by atoms with Gasteiger partial charge in [-0.25, -0.2) is 0 Å². The first-order chi connectivity index (χ1) is 12.9. The minimum atomic E-state index is -0.724. The zero-order valence-corrected chi connectivity index (χ0v) is 24.0. The van der Waals surface area contributed by atoms with Gasteiger partial charge in [-0.05, 0) is 147 Å². The predicted molar refractivity (Wildman–Crippen MR) is 143 cm³/mol. The van der Waals surface area contributed by atoms with Crippen molar-refractivity contribution in [2.24, 2.45) is 5.73 Å². The van der Waals surface area contributed by atoms with E-state index < -0.39 is 17.6 Å². The van der Waals surface area contributed by atoms with Gasteiger partial charge < -0.3 is 20.3 Å². The van der Waals surface area contributed by atoms with Crippen LogP contribution >= 0.6 is 90.4 Å². The zero-order valence-electron chi connectivity index (χ0n) is 15.4. The van der Waals surface area contributed by atoms with Crippen molar-refractivity contribution in [2.45, 2.75) is 38.8 Å². The molecule has 0 unspecified atom stereocenters. The molecule has 0 aromatic heterocycles. The van der Waals surface area contributed by atoms with Crippen molar-refractivity contribution in [2.75, 3.05) is 0 Å². The van der Waals surface area contributed by atoms with E-state index in [4.69, 9.17) is 15.2 Å². The Bertz CT molecular complexity index is 850. The van der Waals surface area contributed by atoms with E-state index in [1.54, 1.807) is 12.1 Å². The summed E-state index contributed by atoms with van der Waals surface area (Å²) in [4.78, 5) is 12.1. The molecule has 0 aliphatic heterocycles. The highest BCUT2D eigenvalue weighted by Crippen LogP contribution is 2.37. The number of hydrogen-bond acceptors (Lipinski definition) is 5. The average Bonchev–Trinajstić information content (AvgIpc) is 2.54. The van der Waals surface area contributed by atoms with Crippen LogP contribution in [-0.2, 0) is 16.0 Å². The first-order valence-corrected chi connectivity index (χ1v) is 12.5. The van der Waals surface area contributed by atoms with Gasteiger partial charge in [-0.3, -0.25) is 4.79 Å². The number of esters is 1. The van der Waals surface area contributed by atoms with E-state index in [1.165, 1.54) is 0 Å². The highest BCUT2D eigenvalue weighted by molar-refractivity contribution is 14.1. The molecule has 9 heteroatoms. The van der Waals surface area contributed by atoms with Gasteiger partial charge >= 0.3 is 5.97 Å². The Labute approximate surface area is 219 Å².